The van der Waals surface area contributed by atoms with Crippen molar-refractivity contribution < 1.29 is 0 Å². The van der Waals surface area contributed by atoms with Crippen LogP contribution in [0.1, 0.15) is 39.5 Å². The van der Waals surface area contributed by atoms with Crippen LogP contribution in [0.4, 0.5) is 0 Å². The molecule has 3 heteroatoms. The summed E-state index contributed by atoms with van der Waals surface area (Å²) in [6, 6.07) is 1.71. The Bertz CT molecular complexity index is 285. The molecule has 1 saturated carbocycles. The highest BCUT2D eigenvalue weighted by molar-refractivity contribution is 4.90. The highest BCUT2D eigenvalue weighted by Gasteiger charge is 2.33. The van der Waals surface area contributed by atoms with E-state index < -0.39 is 0 Å². The van der Waals surface area contributed by atoms with Gasteiger partial charge in [0.05, 0.1) is 0 Å². The Kier molecular flexibility index (Phi) is 3.65. The number of nitrogens with one attached hydrogen (secondary N) is 1. The molecule has 2 heterocycles. The molecule has 3 rings (SSSR count). The molecule has 18 heavy (non-hydrogen) atoms. The zero-order chi connectivity index (χ0) is 12.6. The molecule has 0 bridgehead atoms. The van der Waals surface area contributed by atoms with E-state index in [-0.39, 0.29) is 0 Å². The van der Waals surface area contributed by atoms with E-state index in [1.807, 2.05) is 0 Å². The van der Waals surface area contributed by atoms with E-state index in [4.69, 9.17) is 0 Å². The van der Waals surface area contributed by atoms with Gasteiger partial charge in [-0.3, -0.25) is 9.80 Å². The van der Waals surface area contributed by atoms with Crippen molar-refractivity contribution in [3.05, 3.63) is 0 Å². The first-order chi connectivity index (χ1) is 8.62. The lowest BCUT2D eigenvalue weighted by Crippen LogP contribution is -2.53. The minimum Gasteiger partial charge on any atom is -0.313 e. The number of fused-ring (bicyclic) bond motifs is 1. The molecule has 0 radical (unpaired) electrons. The van der Waals surface area contributed by atoms with Gasteiger partial charge in [-0.05, 0) is 37.6 Å². The average Bonchev–Trinajstić information content (AvgIpc) is 3.04. The molecular formula is C15H29N3. The van der Waals surface area contributed by atoms with Gasteiger partial charge in [0.2, 0.25) is 0 Å². The molecular weight excluding hydrogens is 222 g/mol. The molecule has 3 aliphatic rings. The summed E-state index contributed by atoms with van der Waals surface area (Å²) in [5, 5.41) is 3.70. The van der Waals surface area contributed by atoms with Crippen molar-refractivity contribution in [2.75, 3.05) is 39.3 Å². The minimum atomic E-state index is 0.420. The summed E-state index contributed by atoms with van der Waals surface area (Å²) in [7, 11) is 0. The van der Waals surface area contributed by atoms with Gasteiger partial charge in [0.25, 0.3) is 0 Å². The Morgan fingerprint density at radius 1 is 1.11 bits per heavy atom. The number of rotatable bonds is 5. The van der Waals surface area contributed by atoms with Crippen LogP contribution in [0.15, 0.2) is 0 Å². The van der Waals surface area contributed by atoms with Gasteiger partial charge >= 0.3 is 0 Å². The largest absolute Gasteiger partial charge is 0.313 e. The molecule has 0 spiro atoms. The zero-order valence-electron chi connectivity index (χ0n) is 12.1. The maximum Gasteiger partial charge on any atom is 0.0224 e. The molecule has 3 nitrogen and oxygen atoms in total. The van der Waals surface area contributed by atoms with E-state index in [1.54, 1.807) is 0 Å². The van der Waals surface area contributed by atoms with Gasteiger partial charge in [-0.15, -0.1) is 0 Å². The highest BCUT2D eigenvalue weighted by Crippen LogP contribution is 2.26. The van der Waals surface area contributed by atoms with Crippen molar-refractivity contribution in [1.29, 1.82) is 0 Å². The molecule has 1 N–H and O–H groups in total. The third kappa shape index (κ3) is 3.25. The second-order valence-corrected chi connectivity index (χ2v) is 7.39. The van der Waals surface area contributed by atoms with Gasteiger partial charge in [-0.2, -0.15) is 0 Å². The van der Waals surface area contributed by atoms with Crippen LogP contribution in [-0.2, 0) is 0 Å². The second-order valence-electron chi connectivity index (χ2n) is 7.39. The lowest BCUT2D eigenvalue weighted by Gasteiger charge is -2.41. The van der Waals surface area contributed by atoms with Crippen LogP contribution in [-0.4, -0.2) is 61.2 Å². The van der Waals surface area contributed by atoms with E-state index in [2.05, 4.69) is 29.0 Å². The van der Waals surface area contributed by atoms with Crippen molar-refractivity contribution in [3.63, 3.8) is 0 Å². The van der Waals surface area contributed by atoms with E-state index in [9.17, 15) is 0 Å². The summed E-state index contributed by atoms with van der Waals surface area (Å²) in [5.74, 6) is 0. The van der Waals surface area contributed by atoms with Gasteiger partial charge in [-0.1, -0.05) is 13.8 Å². The Labute approximate surface area is 112 Å². The van der Waals surface area contributed by atoms with Gasteiger partial charge in [0.15, 0.2) is 0 Å². The third-order valence-corrected chi connectivity index (χ3v) is 4.77. The van der Waals surface area contributed by atoms with E-state index in [0.29, 0.717) is 5.41 Å². The van der Waals surface area contributed by atoms with Crippen LogP contribution < -0.4 is 5.32 Å². The van der Waals surface area contributed by atoms with Crippen LogP contribution in [0.5, 0.6) is 0 Å². The van der Waals surface area contributed by atoms with Gasteiger partial charge in [-0.25, -0.2) is 0 Å². The first-order valence-electron chi connectivity index (χ1n) is 7.82. The standard InChI is InChI=1S/C15H29N3/c1-15(2,11-16-13-5-6-13)12-17-8-9-18-7-3-4-14(18)10-17/h13-14,16H,3-12H2,1-2H3. The van der Waals surface area contributed by atoms with E-state index in [1.165, 1.54) is 65.0 Å². The molecule has 1 unspecified atom stereocenters. The molecule has 3 fully saturated rings. The second kappa shape index (κ2) is 5.10. The van der Waals surface area contributed by atoms with E-state index in [0.717, 1.165) is 12.1 Å². The monoisotopic (exact) mass is 251 g/mol. The number of piperazine rings is 1. The molecule has 2 saturated heterocycles. The first-order valence-corrected chi connectivity index (χ1v) is 7.82. The smallest absolute Gasteiger partial charge is 0.0224 e. The summed E-state index contributed by atoms with van der Waals surface area (Å²) in [6.07, 6.45) is 5.65. The first kappa shape index (κ1) is 12.9. The Balaban J connectivity index is 1.45. The van der Waals surface area contributed by atoms with Crippen molar-refractivity contribution in [2.45, 2.75) is 51.6 Å². The highest BCUT2D eigenvalue weighted by atomic mass is 15.3. The lowest BCUT2D eigenvalue weighted by molar-refractivity contribution is 0.0741. The minimum absolute atomic E-state index is 0.420. The predicted molar refractivity (Wildman–Crippen MR) is 75.8 cm³/mol. The summed E-state index contributed by atoms with van der Waals surface area (Å²) in [5.41, 5.74) is 0.420. The van der Waals surface area contributed by atoms with Gasteiger partial charge in [0.1, 0.15) is 0 Å². The fourth-order valence-electron chi connectivity index (χ4n) is 3.57. The van der Waals surface area contributed by atoms with Crippen molar-refractivity contribution in [3.8, 4) is 0 Å². The van der Waals surface area contributed by atoms with Crippen LogP contribution in [0.3, 0.4) is 0 Å². The molecule has 1 aliphatic carbocycles. The number of hydrogen-bond acceptors (Lipinski definition) is 3. The van der Waals surface area contributed by atoms with E-state index >= 15 is 0 Å². The van der Waals surface area contributed by atoms with Crippen LogP contribution in [0.2, 0.25) is 0 Å². The molecule has 104 valence electrons. The summed E-state index contributed by atoms with van der Waals surface area (Å²) < 4.78 is 0. The molecule has 0 aromatic rings. The number of nitrogens with zero attached hydrogens (tertiary/aromatic N) is 2. The molecule has 0 aromatic carbocycles. The van der Waals surface area contributed by atoms with Gasteiger partial charge in [0, 0.05) is 44.8 Å². The molecule has 2 aliphatic heterocycles. The van der Waals surface area contributed by atoms with Gasteiger partial charge < -0.3 is 5.32 Å². The normalized spacial score (nSPS) is 30.7. The fraction of sp³-hybridized carbons (Fsp3) is 1.00. The number of hydrogen-bond donors (Lipinski definition) is 1. The van der Waals surface area contributed by atoms with Crippen molar-refractivity contribution >= 4 is 0 Å². The Morgan fingerprint density at radius 3 is 2.72 bits per heavy atom. The molecule has 0 aromatic heterocycles. The fourth-order valence-corrected chi connectivity index (χ4v) is 3.57. The van der Waals surface area contributed by atoms with Crippen molar-refractivity contribution in [1.82, 2.24) is 15.1 Å². The zero-order valence-corrected chi connectivity index (χ0v) is 12.1. The Morgan fingerprint density at radius 2 is 1.94 bits per heavy atom. The van der Waals surface area contributed by atoms with Crippen LogP contribution in [0.25, 0.3) is 0 Å². The lowest BCUT2D eigenvalue weighted by atomic mass is 9.92. The molecule has 1 atom stereocenters. The van der Waals surface area contributed by atoms with Crippen LogP contribution in [0, 0.1) is 5.41 Å². The summed E-state index contributed by atoms with van der Waals surface area (Å²) >= 11 is 0. The topological polar surface area (TPSA) is 18.5 Å². The maximum atomic E-state index is 3.70. The summed E-state index contributed by atoms with van der Waals surface area (Å²) in [6.45, 7) is 12.5. The average molecular weight is 251 g/mol. The predicted octanol–water partition coefficient (Wildman–Crippen LogP) is 1.54. The maximum absolute atomic E-state index is 3.70. The SMILES string of the molecule is CC(C)(CNC1CC1)CN1CCN2CCCC2C1. The summed E-state index contributed by atoms with van der Waals surface area (Å²) in [4.78, 5) is 5.41. The van der Waals surface area contributed by atoms with Crippen molar-refractivity contribution in [2.24, 2.45) is 5.41 Å². The molecule has 0 amide bonds. The third-order valence-electron chi connectivity index (χ3n) is 4.77. The van der Waals surface area contributed by atoms with Crippen LogP contribution >= 0.6 is 0 Å². The quantitative estimate of drug-likeness (QED) is 0.800. The Hall–Kier alpha value is -0.120.